The molecule has 1 aliphatic heterocycles. The molecule has 0 radical (unpaired) electrons. The molecular formula is C20H30FN3O2. The molecule has 0 unspecified atom stereocenters. The van der Waals surface area contributed by atoms with Crippen LogP contribution in [0.1, 0.15) is 49.9 Å². The van der Waals surface area contributed by atoms with Crippen LogP contribution in [0.25, 0.3) is 0 Å². The van der Waals surface area contributed by atoms with Gasteiger partial charge in [0.15, 0.2) is 0 Å². The lowest BCUT2D eigenvalue weighted by Crippen LogP contribution is -2.39. The SMILES string of the molecule is CNCCC1CCN(C(=O)c2ccc(NC(=O)CC(C)C)c(F)c2)CC1. The molecular weight excluding hydrogens is 333 g/mol. The fourth-order valence-electron chi connectivity index (χ4n) is 3.28. The van der Waals surface area contributed by atoms with Crippen LogP contribution in [-0.4, -0.2) is 43.4 Å². The number of hydrogen-bond donors (Lipinski definition) is 2. The summed E-state index contributed by atoms with van der Waals surface area (Å²) in [4.78, 5) is 26.2. The molecule has 1 saturated heterocycles. The summed E-state index contributed by atoms with van der Waals surface area (Å²) in [5.74, 6) is -0.0915. The first-order valence-corrected chi connectivity index (χ1v) is 9.44. The number of rotatable bonds is 7. The van der Waals surface area contributed by atoms with Gasteiger partial charge in [-0.3, -0.25) is 9.59 Å². The topological polar surface area (TPSA) is 61.4 Å². The number of anilines is 1. The third kappa shape index (κ3) is 5.80. The normalized spacial score (nSPS) is 15.3. The summed E-state index contributed by atoms with van der Waals surface area (Å²) in [6.45, 7) is 6.27. The molecule has 0 aliphatic carbocycles. The summed E-state index contributed by atoms with van der Waals surface area (Å²) in [5.41, 5.74) is 0.455. The molecule has 1 aromatic carbocycles. The Morgan fingerprint density at radius 3 is 2.54 bits per heavy atom. The van der Waals surface area contributed by atoms with Gasteiger partial charge in [-0.1, -0.05) is 13.8 Å². The molecule has 2 N–H and O–H groups in total. The molecule has 1 heterocycles. The second-order valence-electron chi connectivity index (χ2n) is 7.47. The maximum absolute atomic E-state index is 14.3. The molecule has 0 aromatic heterocycles. The highest BCUT2D eigenvalue weighted by Crippen LogP contribution is 2.23. The van der Waals surface area contributed by atoms with Crippen LogP contribution >= 0.6 is 0 Å². The van der Waals surface area contributed by atoms with E-state index in [0.717, 1.165) is 25.8 Å². The summed E-state index contributed by atoms with van der Waals surface area (Å²) in [6.07, 6.45) is 3.43. The Morgan fingerprint density at radius 2 is 1.96 bits per heavy atom. The maximum Gasteiger partial charge on any atom is 0.253 e. The highest BCUT2D eigenvalue weighted by Gasteiger charge is 2.24. The van der Waals surface area contributed by atoms with Crippen molar-refractivity contribution in [1.29, 1.82) is 0 Å². The second kappa shape index (κ2) is 9.67. The van der Waals surface area contributed by atoms with E-state index in [1.165, 1.54) is 12.1 Å². The fraction of sp³-hybridized carbons (Fsp3) is 0.600. The standard InChI is InChI=1S/C20H30FN3O2/c1-14(2)12-19(25)23-18-5-4-16(13-17(18)21)20(26)24-10-7-15(8-11-24)6-9-22-3/h4-5,13-15,22H,6-12H2,1-3H3,(H,23,25). The van der Waals surface area contributed by atoms with E-state index in [1.807, 2.05) is 20.9 Å². The number of amides is 2. The smallest absolute Gasteiger partial charge is 0.253 e. The van der Waals surface area contributed by atoms with E-state index in [0.29, 0.717) is 31.0 Å². The number of hydrogen-bond acceptors (Lipinski definition) is 3. The molecule has 26 heavy (non-hydrogen) atoms. The molecule has 6 heteroatoms. The molecule has 144 valence electrons. The van der Waals surface area contributed by atoms with Gasteiger partial charge in [0.1, 0.15) is 5.82 Å². The number of benzene rings is 1. The first-order valence-electron chi connectivity index (χ1n) is 9.44. The summed E-state index contributed by atoms with van der Waals surface area (Å²) in [6, 6.07) is 4.28. The molecule has 2 rings (SSSR count). The van der Waals surface area contributed by atoms with Gasteiger partial charge in [0, 0.05) is 25.1 Å². The van der Waals surface area contributed by atoms with Crippen LogP contribution in [0.4, 0.5) is 10.1 Å². The van der Waals surface area contributed by atoms with Crippen molar-refractivity contribution in [2.45, 2.75) is 39.5 Å². The monoisotopic (exact) mass is 363 g/mol. The van der Waals surface area contributed by atoms with Crippen LogP contribution in [0.3, 0.4) is 0 Å². The van der Waals surface area contributed by atoms with Crippen LogP contribution < -0.4 is 10.6 Å². The highest BCUT2D eigenvalue weighted by molar-refractivity contribution is 5.96. The van der Waals surface area contributed by atoms with Crippen molar-refractivity contribution < 1.29 is 14.0 Å². The van der Waals surface area contributed by atoms with Gasteiger partial charge in [0.2, 0.25) is 5.91 Å². The zero-order valence-corrected chi connectivity index (χ0v) is 16.0. The van der Waals surface area contributed by atoms with Gasteiger partial charge >= 0.3 is 0 Å². The summed E-state index contributed by atoms with van der Waals surface area (Å²) >= 11 is 0. The largest absolute Gasteiger partial charge is 0.339 e. The van der Waals surface area contributed by atoms with Crippen LogP contribution in [0.2, 0.25) is 0 Å². The minimum Gasteiger partial charge on any atom is -0.339 e. The molecule has 1 aliphatic rings. The Balaban J connectivity index is 1.94. The molecule has 5 nitrogen and oxygen atoms in total. The van der Waals surface area contributed by atoms with Crippen molar-refractivity contribution in [1.82, 2.24) is 10.2 Å². The number of nitrogens with zero attached hydrogens (tertiary/aromatic N) is 1. The third-order valence-electron chi connectivity index (χ3n) is 4.79. The Labute approximate surface area is 155 Å². The number of halogens is 1. The minimum atomic E-state index is -0.572. The number of nitrogens with one attached hydrogen (secondary N) is 2. The third-order valence-corrected chi connectivity index (χ3v) is 4.79. The van der Waals surface area contributed by atoms with Crippen molar-refractivity contribution in [3.05, 3.63) is 29.6 Å². The minimum absolute atomic E-state index is 0.123. The van der Waals surface area contributed by atoms with Gasteiger partial charge in [-0.2, -0.15) is 0 Å². The number of carbonyl (C=O) groups is 2. The van der Waals surface area contributed by atoms with E-state index >= 15 is 0 Å². The molecule has 0 atom stereocenters. The van der Waals surface area contributed by atoms with E-state index in [-0.39, 0.29) is 23.4 Å². The van der Waals surface area contributed by atoms with Gasteiger partial charge in [-0.05, 0) is 62.9 Å². The summed E-state index contributed by atoms with van der Waals surface area (Å²) in [7, 11) is 1.95. The Hall–Kier alpha value is -1.95. The van der Waals surface area contributed by atoms with Gasteiger partial charge in [-0.25, -0.2) is 4.39 Å². The van der Waals surface area contributed by atoms with Crippen molar-refractivity contribution >= 4 is 17.5 Å². The lowest BCUT2D eigenvalue weighted by molar-refractivity contribution is -0.116. The Kier molecular flexibility index (Phi) is 7.57. The van der Waals surface area contributed by atoms with Crippen LogP contribution in [-0.2, 0) is 4.79 Å². The van der Waals surface area contributed by atoms with Gasteiger partial charge in [0.25, 0.3) is 5.91 Å². The molecule has 0 spiro atoms. The zero-order chi connectivity index (χ0) is 19.1. The maximum atomic E-state index is 14.3. The first kappa shape index (κ1) is 20.4. The second-order valence-corrected chi connectivity index (χ2v) is 7.47. The molecule has 1 fully saturated rings. The van der Waals surface area contributed by atoms with Gasteiger partial charge < -0.3 is 15.5 Å². The van der Waals surface area contributed by atoms with Crippen molar-refractivity contribution in [2.75, 3.05) is 32.0 Å². The molecule has 2 amide bonds. The van der Waals surface area contributed by atoms with Gasteiger partial charge in [0.05, 0.1) is 5.69 Å². The number of piperidine rings is 1. The highest BCUT2D eigenvalue weighted by atomic mass is 19.1. The quantitative estimate of drug-likeness (QED) is 0.782. The number of carbonyl (C=O) groups excluding carboxylic acids is 2. The van der Waals surface area contributed by atoms with Crippen molar-refractivity contribution in [3.63, 3.8) is 0 Å². The van der Waals surface area contributed by atoms with Crippen molar-refractivity contribution in [2.24, 2.45) is 11.8 Å². The summed E-state index contributed by atoms with van der Waals surface area (Å²) in [5, 5.41) is 5.73. The first-order chi connectivity index (χ1) is 12.4. The Bertz CT molecular complexity index is 625. The Morgan fingerprint density at radius 1 is 1.27 bits per heavy atom. The molecule has 1 aromatic rings. The van der Waals surface area contributed by atoms with E-state index in [9.17, 15) is 14.0 Å². The zero-order valence-electron chi connectivity index (χ0n) is 16.0. The van der Waals surface area contributed by atoms with E-state index < -0.39 is 5.82 Å². The lowest BCUT2D eigenvalue weighted by Gasteiger charge is -2.32. The average Bonchev–Trinajstić information content (AvgIpc) is 2.61. The van der Waals surface area contributed by atoms with E-state index in [1.54, 1.807) is 11.0 Å². The van der Waals surface area contributed by atoms with Crippen LogP contribution in [0.15, 0.2) is 18.2 Å². The predicted molar refractivity (Wildman–Crippen MR) is 102 cm³/mol. The number of likely N-dealkylation sites (tertiary alicyclic amines) is 1. The lowest BCUT2D eigenvalue weighted by atomic mass is 9.93. The predicted octanol–water partition coefficient (Wildman–Crippen LogP) is 3.27. The van der Waals surface area contributed by atoms with Crippen LogP contribution in [0.5, 0.6) is 0 Å². The van der Waals surface area contributed by atoms with E-state index in [4.69, 9.17) is 0 Å². The van der Waals surface area contributed by atoms with Crippen LogP contribution in [0, 0.1) is 17.7 Å². The van der Waals surface area contributed by atoms with Crippen molar-refractivity contribution in [3.8, 4) is 0 Å². The molecule has 0 saturated carbocycles. The average molecular weight is 363 g/mol. The van der Waals surface area contributed by atoms with E-state index in [2.05, 4.69) is 10.6 Å². The molecule has 0 bridgehead atoms. The van der Waals surface area contributed by atoms with Gasteiger partial charge in [-0.15, -0.1) is 0 Å². The summed E-state index contributed by atoms with van der Waals surface area (Å²) < 4.78 is 14.3. The fourth-order valence-corrected chi connectivity index (χ4v) is 3.28.